The number of nitrogens with zero attached hydrogens (tertiary/aromatic N) is 3. The average Bonchev–Trinajstić information content (AvgIpc) is 3.04. The van der Waals surface area contributed by atoms with Crippen molar-refractivity contribution in [1.29, 1.82) is 0 Å². The maximum atomic E-state index is 12.5. The highest BCUT2D eigenvalue weighted by molar-refractivity contribution is 7.90. The summed E-state index contributed by atoms with van der Waals surface area (Å²) >= 11 is 0. The molecule has 0 radical (unpaired) electrons. The lowest BCUT2D eigenvalue weighted by Crippen LogP contribution is -2.28. The molecule has 1 amide bonds. The van der Waals surface area contributed by atoms with Crippen LogP contribution in [0, 0.1) is 0 Å². The Morgan fingerprint density at radius 3 is 2.65 bits per heavy atom. The van der Waals surface area contributed by atoms with Crippen LogP contribution in [-0.4, -0.2) is 48.5 Å². The van der Waals surface area contributed by atoms with Gasteiger partial charge >= 0.3 is 0 Å². The Morgan fingerprint density at radius 1 is 1.22 bits per heavy atom. The number of pyridine rings is 2. The van der Waals surface area contributed by atoms with Crippen LogP contribution in [0.2, 0.25) is 0 Å². The van der Waals surface area contributed by atoms with Gasteiger partial charge in [0.15, 0.2) is 14.9 Å². The van der Waals surface area contributed by atoms with Crippen LogP contribution in [0.4, 0.5) is 0 Å². The fourth-order valence-corrected chi connectivity index (χ4v) is 3.27. The van der Waals surface area contributed by atoms with Gasteiger partial charge in [-0.3, -0.25) is 9.78 Å². The molecule has 3 rings (SSSR count). The second-order valence-electron chi connectivity index (χ2n) is 5.65. The summed E-state index contributed by atoms with van der Waals surface area (Å²) in [5.74, 6) is 0.111. The van der Waals surface area contributed by atoms with E-state index in [0.29, 0.717) is 18.7 Å². The van der Waals surface area contributed by atoms with E-state index in [0.717, 1.165) is 18.4 Å². The highest BCUT2D eigenvalue weighted by atomic mass is 32.2. The number of carbonyl (C=O) groups excluding carboxylic acids is 1. The van der Waals surface area contributed by atoms with E-state index in [2.05, 4.69) is 9.97 Å². The van der Waals surface area contributed by atoms with Crippen molar-refractivity contribution in [1.82, 2.24) is 14.9 Å². The largest absolute Gasteiger partial charge is 0.338 e. The van der Waals surface area contributed by atoms with Gasteiger partial charge in [0, 0.05) is 43.4 Å². The van der Waals surface area contributed by atoms with Gasteiger partial charge in [-0.05, 0) is 30.7 Å². The van der Waals surface area contributed by atoms with Crippen LogP contribution in [0.5, 0.6) is 0 Å². The Balaban J connectivity index is 1.72. The second kappa shape index (κ2) is 6.08. The number of hydrogen-bond donors (Lipinski definition) is 0. The minimum Gasteiger partial charge on any atom is -0.338 e. The molecule has 2 aromatic rings. The van der Waals surface area contributed by atoms with Gasteiger partial charge < -0.3 is 4.90 Å². The monoisotopic (exact) mass is 331 g/mol. The Bertz CT molecular complexity index is 804. The Morgan fingerprint density at radius 2 is 2.04 bits per heavy atom. The third-order valence-electron chi connectivity index (χ3n) is 3.94. The number of sulfone groups is 1. The van der Waals surface area contributed by atoms with E-state index in [1.165, 1.54) is 18.3 Å². The molecule has 1 fully saturated rings. The molecule has 3 heterocycles. The smallest absolute Gasteiger partial charge is 0.255 e. The summed E-state index contributed by atoms with van der Waals surface area (Å²) in [6.45, 7) is 1.28. The van der Waals surface area contributed by atoms with Gasteiger partial charge in [0.2, 0.25) is 0 Å². The van der Waals surface area contributed by atoms with Crippen LogP contribution in [0.25, 0.3) is 0 Å². The standard InChI is InChI=1S/C16H17N3O3S/c1-23(21,22)15-6-5-12(10-18-15)16(20)19-9-7-13(11-19)14-4-2-3-8-17-14/h2-6,8,10,13H,7,9,11H2,1H3. The van der Waals surface area contributed by atoms with Gasteiger partial charge in [0.1, 0.15) is 0 Å². The van der Waals surface area contributed by atoms with Crippen LogP contribution in [0.1, 0.15) is 28.4 Å². The molecule has 2 aromatic heterocycles. The quantitative estimate of drug-likeness (QED) is 0.852. The van der Waals surface area contributed by atoms with E-state index in [1.54, 1.807) is 11.1 Å². The molecule has 0 aromatic carbocycles. The summed E-state index contributed by atoms with van der Waals surface area (Å²) < 4.78 is 22.8. The second-order valence-corrected chi connectivity index (χ2v) is 7.61. The van der Waals surface area contributed by atoms with E-state index in [-0.39, 0.29) is 16.9 Å². The van der Waals surface area contributed by atoms with E-state index in [1.807, 2.05) is 18.2 Å². The lowest BCUT2D eigenvalue weighted by atomic mass is 10.0. The molecular formula is C16H17N3O3S. The number of hydrogen-bond acceptors (Lipinski definition) is 5. The molecule has 23 heavy (non-hydrogen) atoms. The van der Waals surface area contributed by atoms with E-state index in [9.17, 15) is 13.2 Å². The summed E-state index contributed by atoms with van der Waals surface area (Å²) in [6, 6.07) is 8.67. The molecule has 0 saturated carbocycles. The van der Waals surface area contributed by atoms with E-state index in [4.69, 9.17) is 0 Å². The molecule has 1 aliphatic heterocycles. The first-order chi connectivity index (χ1) is 10.9. The fraction of sp³-hybridized carbons (Fsp3) is 0.312. The van der Waals surface area contributed by atoms with Crippen molar-refractivity contribution in [3.05, 3.63) is 54.0 Å². The van der Waals surface area contributed by atoms with Crippen LogP contribution < -0.4 is 0 Å². The minimum absolute atomic E-state index is 0.0261. The molecule has 1 atom stereocenters. The first-order valence-corrected chi connectivity index (χ1v) is 9.20. The summed E-state index contributed by atoms with van der Waals surface area (Å²) in [5, 5.41) is -0.0261. The van der Waals surface area contributed by atoms with Gasteiger partial charge in [-0.2, -0.15) is 0 Å². The third-order valence-corrected chi connectivity index (χ3v) is 4.95. The van der Waals surface area contributed by atoms with Crippen molar-refractivity contribution in [2.45, 2.75) is 17.4 Å². The topological polar surface area (TPSA) is 80.2 Å². The maximum Gasteiger partial charge on any atom is 0.255 e. The Labute approximate surface area is 135 Å². The number of amides is 1. The Kier molecular flexibility index (Phi) is 4.12. The molecule has 1 unspecified atom stereocenters. The fourth-order valence-electron chi connectivity index (χ4n) is 2.71. The number of likely N-dealkylation sites (tertiary alicyclic amines) is 1. The molecule has 6 nitrogen and oxygen atoms in total. The van der Waals surface area contributed by atoms with E-state index >= 15 is 0 Å². The molecule has 0 aliphatic carbocycles. The Hall–Kier alpha value is -2.28. The maximum absolute atomic E-state index is 12.5. The first-order valence-electron chi connectivity index (χ1n) is 7.31. The zero-order valence-electron chi connectivity index (χ0n) is 12.7. The molecule has 1 aliphatic rings. The molecule has 0 spiro atoms. The van der Waals surface area contributed by atoms with Crippen LogP contribution in [0.3, 0.4) is 0 Å². The predicted molar refractivity (Wildman–Crippen MR) is 84.8 cm³/mol. The van der Waals surface area contributed by atoms with Crippen molar-refractivity contribution < 1.29 is 13.2 Å². The summed E-state index contributed by atoms with van der Waals surface area (Å²) in [5.41, 5.74) is 1.40. The summed E-state index contributed by atoms with van der Waals surface area (Å²) in [4.78, 5) is 22.5. The SMILES string of the molecule is CS(=O)(=O)c1ccc(C(=O)N2CCC(c3ccccn3)C2)cn1. The zero-order chi connectivity index (χ0) is 16.4. The molecule has 120 valence electrons. The van der Waals surface area contributed by atoms with Crippen molar-refractivity contribution >= 4 is 15.7 Å². The number of carbonyl (C=O) groups is 1. The number of aromatic nitrogens is 2. The molecular weight excluding hydrogens is 314 g/mol. The lowest BCUT2D eigenvalue weighted by molar-refractivity contribution is 0.0790. The highest BCUT2D eigenvalue weighted by Gasteiger charge is 2.28. The number of rotatable bonds is 3. The summed E-state index contributed by atoms with van der Waals surface area (Å²) in [7, 11) is -3.35. The van der Waals surface area contributed by atoms with Gasteiger partial charge in [0.05, 0.1) is 5.56 Å². The van der Waals surface area contributed by atoms with Crippen molar-refractivity contribution in [2.75, 3.05) is 19.3 Å². The molecule has 0 bridgehead atoms. The van der Waals surface area contributed by atoms with Crippen LogP contribution in [-0.2, 0) is 9.84 Å². The molecule has 0 N–H and O–H groups in total. The third kappa shape index (κ3) is 3.39. The highest BCUT2D eigenvalue weighted by Crippen LogP contribution is 2.26. The van der Waals surface area contributed by atoms with Crippen LogP contribution in [0.15, 0.2) is 47.8 Å². The van der Waals surface area contributed by atoms with E-state index < -0.39 is 9.84 Å². The van der Waals surface area contributed by atoms with Gasteiger partial charge in [-0.1, -0.05) is 6.07 Å². The molecule has 1 saturated heterocycles. The van der Waals surface area contributed by atoms with Crippen molar-refractivity contribution in [3.8, 4) is 0 Å². The van der Waals surface area contributed by atoms with Crippen molar-refractivity contribution in [2.24, 2.45) is 0 Å². The van der Waals surface area contributed by atoms with Crippen LogP contribution >= 0.6 is 0 Å². The van der Waals surface area contributed by atoms with Gasteiger partial charge in [-0.25, -0.2) is 13.4 Å². The normalized spacial score (nSPS) is 18.1. The molecule has 7 heteroatoms. The first kappa shape index (κ1) is 15.6. The zero-order valence-corrected chi connectivity index (χ0v) is 13.5. The average molecular weight is 331 g/mol. The van der Waals surface area contributed by atoms with Crippen molar-refractivity contribution in [3.63, 3.8) is 0 Å². The summed E-state index contributed by atoms with van der Waals surface area (Å²) in [6.07, 6.45) is 5.05. The lowest BCUT2D eigenvalue weighted by Gasteiger charge is -2.16. The van der Waals surface area contributed by atoms with Gasteiger partial charge in [0.25, 0.3) is 5.91 Å². The van der Waals surface area contributed by atoms with Gasteiger partial charge in [-0.15, -0.1) is 0 Å². The predicted octanol–water partition coefficient (Wildman–Crippen LogP) is 1.51. The minimum atomic E-state index is -3.35.